The summed E-state index contributed by atoms with van der Waals surface area (Å²) in [4.78, 5) is 31.2. The molecule has 1 fully saturated rings. The quantitative estimate of drug-likeness (QED) is 0.290. The maximum absolute atomic E-state index is 14.1. The van der Waals surface area contributed by atoms with Crippen molar-refractivity contribution in [2.45, 2.75) is 45.6 Å². The Morgan fingerprint density at radius 2 is 1.88 bits per heavy atom. The van der Waals surface area contributed by atoms with Crippen molar-refractivity contribution in [3.8, 4) is 11.5 Å². The van der Waals surface area contributed by atoms with E-state index in [1.165, 1.54) is 6.07 Å². The van der Waals surface area contributed by atoms with Crippen LogP contribution >= 0.6 is 0 Å². The number of H-pyrrole nitrogens is 1. The highest BCUT2D eigenvalue weighted by molar-refractivity contribution is 5.90. The fourth-order valence-electron chi connectivity index (χ4n) is 5.80. The van der Waals surface area contributed by atoms with E-state index in [-0.39, 0.29) is 30.4 Å². The van der Waals surface area contributed by atoms with E-state index >= 15 is 0 Å². The van der Waals surface area contributed by atoms with Gasteiger partial charge in [-0.1, -0.05) is 13.0 Å². The van der Waals surface area contributed by atoms with Gasteiger partial charge in [-0.05, 0) is 54.9 Å². The maximum atomic E-state index is 14.1. The number of carbonyl (C=O) groups excluding carboxylic acids is 1. The van der Waals surface area contributed by atoms with Crippen molar-refractivity contribution in [3.05, 3.63) is 77.4 Å². The molecule has 0 bridgehead atoms. The molecule has 1 aromatic carbocycles. The van der Waals surface area contributed by atoms with Gasteiger partial charge in [0.2, 0.25) is 0 Å². The Bertz CT molecular complexity index is 1610. The number of aromatic nitrogens is 3. The molecular formula is C31H34F3N7O2. The minimum Gasteiger partial charge on any atom is -0.455 e. The lowest BCUT2D eigenvalue weighted by Gasteiger charge is -2.35. The van der Waals surface area contributed by atoms with E-state index in [4.69, 9.17) is 4.74 Å². The highest BCUT2D eigenvalue weighted by Crippen LogP contribution is 2.35. The molecule has 226 valence electrons. The number of piperazine rings is 1. The average molecular weight is 594 g/mol. The van der Waals surface area contributed by atoms with Crippen molar-refractivity contribution in [1.29, 1.82) is 0 Å². The van der Waals surface area contributed by atoms with Crippen LogP contribution in [0.15, 0.2) is 55.0 Å². The topological polar surface area (TPSA) is 89.6 Å². The highest BCUT2D eigenvalue weighted by Gasteiger charge is 2.35. The summed E-state index contributed by atoms with van der Waals surface area (Å²) in [6.07, 6.45) is 1.06. The molecule has 4 aromatic rings. The number of nitrogens with zero attached hydrogens (tertiary/aromatic N) is 5. The molecule has 5 heterocycles. The van der Waals surface area contributed by atoms with E-state index in [0.717, 1.165) is 55.4 Å². The Kier molecular flexibility index (Phi) is 7.97. The molecule has 0 spiro atoms. The molecule has 1 saturated heterocycles. The Morgan fingerprint density at radius 1 is 1.09 bits per heavy atom. The van der Waals surface area contributed by atoms with Crippen LogP contribution in [0, 0.1) is 0 Å². The van der Waals surface area contributed by atoms with Gasteiger partial charge in [-0.2, -0.15) is 13.2 Å². The van der Waals surface area contributed by atoms with Gasteiger partial charge in [-0.15, -0.1) is 0 Å². The van der Waals surface area contributed by atoms with Crippen LogP contribution in [0.25, 0.3) is 11.0 Å². The zero-order valence-corrected chi connectivity index (χ0v) is 24.1. The minimum absolute atomic E-state index is 0.110. The molecule has 1 atom stereocenters. The summed E-state index contributed by atoms with van der Waals surface area (Å²) in [6.45, 7) is 8.50. The number of carbonyl (C=O) groups is 1. The Labute approximate surface area is 247 Å². The normalized spacial score (nSPS) is 18.1. The number of halogens is 3. The second-order valence-electron chi connectivity index (χ2n) is 11.1. The lowest BCUT2D eigenvalue weighted by atomic mass is 10.00. The first-order valence-corrected chi connectivity index (χ1v) is 14.5. The number of ether oxygens (including phenoxy) is 1. The number of urea groups is 1. The van der Waals surface area contributed by atoms with Crippen molar-refractivity contribution >= 4 is 22.8 Å². The van der Waals surface area contributed by atoms with Gasteiger partial charge in [-0.3, -0.25) is 9.88 Å². The zero-order chi connectivity index (χ0) is 30.1. The van der Waals surface area contributed by atoms with E-state index in [1.54, 1.807) is 35.6 Å². The first kappa shape index (κ1) is 28.9. The summed E-state index contributed by atoms with van der Waals surface area (Å²) in [5.41, 5.74) is 1.97. The van der Waals surface area contributed by atoms with Crippen LogP contribution in [0.1, 0.15) is 36.2 Å². The first-order valence-electron chi connectivity index (χ1n) is 14.5. The van der Waals surface area contributed by atoms with Crippen LogP contribution in [-0.4, -0.2) is 74.4 Å². The molecule has 12 heteroatoms. The number of hydrogen-bond donors (Lipinski definition) is 2. The highest BCUT2D eigenvalue weighted by atomic mass is 19.4. The van der Waals surface area contributed by atoms with Crippen molar-refractivity contribution < 1.29 is 22.7 Å². The molecule has 6 rings (SSSR count). The van der Waals surface area contributed by atoms with E-state index < -0.39 is 17.8 Å². The SMILES string of the molecule is CCN1CCN(Cc2ccc(NC(=O)N3Cc4cc(Oc5ccnc6[nH]ccc56)cnc4C[C@@H]3C)cc2C(F)(F)F)CC1. The van der Waals surface area contributed by atoms with Crippen LogP contribution in [0.3, 0.4) is 0 Å². The summed E-state index contributed by atoms with van der Waals surface area (Å²) in [7, 11) is 0. The summed E-state index contributed by atoms with van der Waals surface area (Å²) < 4.78 is 48.4. The largest absolute Gasteiger partial charge is 0.455 e. The number of nitrogens with one attached hydrogen (secondary N) is 2. The molecule has 0 radical (unpaired) electrons. The van der Waals surface area contributed by atoms with Gasteiger partial charge in [0.1, 0.15) is 17.1 Å². The van der Waals surface area contributed by atoms with Gasteiger partial charge < -0.3 is 24.8 Å². The standard InChI is InChI=1S/C31H34F3N7O2/c1-3-39-10-12-40(13-11-39)18-21-4-5-23(16-26(21)31(32,33)34)38-30(42)41-19-22-15-24(17-37-27(22)14-20(41)2)43-28-7-9-36-29-25(28)6-8-35-29/h4-9,15-17,20H,3,10-14,18-19H2,1-2H3,(H,35,36)(H,38,42)/t20-/m0/s1. The second-order valence-corrected chi connectivity index (χ2v) is 11.1. The molecule has 2 N–H and O–H groups in total. The number of likely N-dealkylation sites (N-methyl/N-ethyl adjacent to an activating group) is 1. The van der Waals surface area contributed by atoms with Crippen LogP contribution < -0.4 is 10.1 Å². The monoisotopic (exact) mass is 593 g/mol. The number of aromatic amines is 1. The lowest BCUT2D eigenvalue weighted by Crippen LogP contribution is -2.45. The molecule has 0 aliphatic carbocycles. The predicted octanol–water partition coefficient (Wildman–Crippen LogP) is 5.89. The molecule has 2 aliphatic heterocycles. The van der Waals surface area contributed by atoms with E-state index in [2.05, 4.69) is 32.1 Å². The number of alkyl halides is 3. The van der Waals surface area contributed by atoms with Gasteiger partial charge in [-0.25, -0.2) is 9.78 Å². The van der Waals surface area contributed by atoms with Crippen LogP contribution in [0.4, 0.5) is 23.7 Å². The number of hydrogen-bond acceptors (Lipinski definition) is 6. The molecule has 0 unspecified atom stereocenters. The summed E-state index contributed by atoms with van der Waals surface area (Å²) in [6, 6.07) is 8.90. The number of rotatable bonds is 6. The number of pyridine rings is 2. The molecule has 9 nitrogen and oxygen atoms in total. The van der Waals surface area contributed by atoms with Gasteiger partial charge in [0.05, 0.1) is 17.1 Å². The third kappa shape index (κ3) is 6.30. The number of amides is 2. The molecular weight excluding hydrogens is 559 g/mol. The number of fused-ring (bicyclic) bond motifs is 2. The average Bonchev–Trinajstić information content (AvgIpc) is 3.48. The Hall–Kier alpha value is -4.16. The fraction of sp³-hybridized carbons (Fsp3) is 0.387. The number of benzene rings is 1. The maximum Gasteiger partial charge on any atom is 0.416 e. The summed E-state index contributed by atoms with van der Waals surface area (Å²) >= 11 is 0. The zero-order valence-electron chi connectivity index (χ0n) is 24.1. The molecule has 2 aliphatic rings. The third-order valence-electron chi connectivity index (χ3n) is 8.28. The van der Waals surface area contributed by atoms with Crippen molar-refractivity contribution in [1.82, 2.24) is 29.7 Å². The van der Waals surface area contributed by atoms with Crippen molar-refractivity contribution in [2.24, 2.45) is 0 Å². The molecule has 43 heavy (non-hydrogen) atoms. The van der Waals surface area contributed by atoms with Crippen molar-refractivity contribution in [3.63, 3.8) is 0 Å². The molecule has 2 amide bonds. The first-order chi connectivity index (χ1) is 20.7. The summed E-state index contributed by atoms with van der Waals surface area (Å²) in [5.74, 6) is 1.14. The molecule has 3 aromatic heterocycles. The lowest BCUT2D eigenvalue weighted by molar-refractivity contribution is -0.138. The third-order valence-corrected chi connectivity index (χ3v) is 8.28. The van der Waals surface area contributed by atoms with Crippen LogP contribution in [0.2, 0.25) is 0 Å². The van der Waals surface area contributed by atoms with Gasteiger partial charge >= 0.3 is 12.2 Å². The van der Waals surface area contributed by atoms with Crippen LogP contribution in [-0.2, 0) is 25.7 Å². The van der Waals surface area contributed by atoms with Gasteiger partial charge in [0.25, 0.3) is 0 Å². The minimum atomic E-state index is -4.54. The van der Waals surface area contributed by atoms with E-state index in [9.17, 15) is 18.0 Å². The van der Waals surface area contributed by atoms with Crippen LogP contribution in [0.5, 0.6) is 11.5 Å². The fourth-order valence-corrected chi connectivity index (χ4v) is 5.80. The van der Waals surface area contributed by atoms with Crippen molar-refractivity contribution in [2.75, 3.05) is 38.0 Å². The predicted molar refractivity (Wildman–Crippen MR) is 157 cm³/mol. The Balaban J connectivity index is 1.16. The van der Waals surface area contributed by atoms with E-state index in [1.807, 2.05) is 24.0 Å². The van der Waals surface area contributed by atoms with Gasteiger partial charge in [0.15, 0.2) is 0 Å². The van der Waals surface area contributed by atoms with Gasteiger partial charge in [0, 0.05) is 75.5 Å². The smallest absolute Gasteiger partial charge is 0.416 e. The number of anilines is 1. The van der Waals surface area contributed by atoms with E-state index in [0.29, 0.717) is 23.6 Å². The summed E-state index contributed by atoms with van der Waals surface area (Å²) in [5, 5.41) is 3.54. The Morgan fingerprint density at radius 3 is 2.65 bits per heavy atom. The molecule has 0 saturated carbocycles. The second kappa shape index (κ2) is 11.8.